The number of hydrogen-bond donors (Lipinski definition) is 0. The monoisotopic (exact) mass is 275 g/mol. The molecule has 1 fully saturated rings. The Labute approximate surface area is 96.7 Å². The summed E-state index contributed by atoms with van der Waals surface area (Å²) >= 11 is 5.13. The molecule has 0 amide bonds. The third kappa shape index (κ3) is 2.25. The summed E-state index contributed by atoms with van der Waals surface area (Å²) in [6.45, 7) is 1.15. The van der Waals surface area contributed by atoms with Gasteiger partial charge in [0, 0.05) is 17.9 Å². The van der Waals surface area contributed by atoms with Gasteiger partial charge in [-0.1, -0.05) is 27.3 Å². The van der Waals surface area contributed by atoms with E-state index in [1.54, 1.807) is 11.3 Å². The highest BCUT2D eigenvalue weighted by Crippen LogP contribution is 2.28. The van der Waals surface area contributed by atoms with E-state index in [2.05, 4.69) is 31.0 Å². The molecule has 0 spiro atoms. The first-order valence-electron chi connectivity index (χ1n) is 5.00. The van der Waals surface area contributed by atoms with Crippen molar-refractivity contribution in [3.63, 3.8) is 0 Å². The summed E-state index contributed by atoms with van der Waals surface area (Å²) in [5.74, 6) is 0. The van der Waals surface area contributed by atoms with Gasteiger partial charge in [0.25, 0.3) is 0 Å². The van der Waals surface area contributed by atoms with Gasteiger partial charge < -0.3 is 4.90 Å². The molecule has 78 valence electrons. The smallest absolute Gasteiger partial charge is 0.208 e. The largest absolute Gasteiger partial charge is 0.344 e. The molecular formula is C9H14BrN3S. The van der Waals surface area contributed by atoms with Crippen LogP contribution in [0.3, 0.4) is 0 Å². The fourth-order valence-electron chi connectivity index (χ4n) is 1.99. The first-order valence-corrected chi connectivity index (χ1v) is 7.00. The minimum atomic E-state index is 0.695. The zero-order valence-corrected chi connectivity index (χ0v) is 10.4. The van der Waals surface area contributed by atoms with Crippen LogP contribution in [0.25, 0.3) is 0 Å². The Balaban J connectivity index is 1.97. The second kappa shape index (κ2) is 5.07. The molecule has 1 saturated heterocycles. The molecule has 2 heterocycles. The second-order valence-corrected chi connectivity index (χ2v) is 5.15. The normalized spacial score (nSPS) is 21.8. The van der Waals surface area contributed by atoms with Gasteiger partial charge in [0.2, 0.25) is 5.13 Å². The summed E-state index contributed by atoms with van der Waals surface area (Å²) in [6.07, 6.45) is 5.13. The second-order valence-electron chi connectivity index (χ2n) is 3.54. The van der Waals surface area contributed by atoms with Gasteiger partial charge in [0.05, 0.1) is 0 Å². The van der Waals surface area contributed by atoms with Crippen LogP contribution in [0.5, 0.6) is 0 Å². The van der Waals surface area contributed by atoms with Crippen LogP contribution in [-0.2, 0) is 0 Å². The molecular weight excluding hydrogens is 262 g/mol. The number of nitrogens with zero attached hydrogens (tertiary/aromatic N) is 3. The minimum absolute atomic E-state index is 0.695. The predicted molar refractivity (Wildman–Crippen MR) is 63.3 cm³/mol. The topological polar surface area (TPSA) is 29.0 Å². The first-order chi connectivity index (χ1) is 6.92. The molecule has 0 aromatic carbocycles. The van der Waals surface area contributed by atoms with Crippen LogP contribution in [0.2, 0.25) is 0 Å². The summed E-state index contributed by atoms with van der Waals surface area (Å²) in [4.78, 5) is 2.42. The summed E-state index contributed by atoms with van der Waals surface area (Å²) in [5, 5.41) is 10.2. The van der Waals surface area contributed by atoms with Crippen molar-refractivity contribution in [3.05, 3.63) is 5.51 Å². The van der Waals surface area contributed by atoms with E-state index in [1.165, 1.54) is 25.7 Å². The third-order valence-electron chi connectivity index (χ3n) is 2.64. The number of rotatable bonds is 4. The number of hydrogen-bond acceptors (Lipinski definition) is 4. The highest BCUT2D eigenvalue weighted by molar-refractivity contribution is 9.09. The summed E-state index contributed by atoms with van der Waals surface area (Å²) in [5.41, 5.74) is 1.81. The van der Waals surface area contributed by atoms with E-state index in [0.717, 1.165) is 17.0 Å². The summed E-state index contributed by atoms with van der Waals surface area (Å²) in [6, 6.07) is 0.695. The van der Waals surface area contributed by atoms with E-state index in [4.69, 9.17) is 0 Å². The van der Waals surface area contributed by atoms with Gasteiger partial charge in [-0.15, -0.1) is 10.2 Å². The van der Waals surface area contributed by atoms with Crippen LogP contribution in [-0.4, -0.2) is 28.1 Å². The van der Waals surface area contributed by atoms with Crippen LogP contribution in [0.4, 0.5) is 5.13 Å². The van der Waals surface area contributed by atoms with Crippen LogP contribution in [0, 0.1) is 0 Å². The van der Waals surface area contributed by atoms with E-state index in [9.17, 15) is 0 Å². The molecule has 0 N–H and O–H groups in total. The molecule has 14 heavy (non-hydrogen) atoms. The molecule has 1 atom stereocenters. The lowest BCUT2D eigenvalue weighted by atomic mass is 10.1. The van der Waals surface area contributed by atoms with Crippen LogP contribution >= 0.6 is 27.3 Å². The van der Waals surface area contributed by atoms with Gasteiger partial charge in [0.1, 0.15) is 5.51 Å². The van der Waals surface area contributed by atoms with Gasteiger partial charge >= 0.3 is 0 Å². The highest BCUT2D eigenvalue weighted by atomic mass is 79.9. The van der Waals surface area contributed by atoms with Gasteiger partial charge in [-0.2, -0.15) is 0 Å². The molecule has 3 nitrogen and oxygen atoms in total. The van der Waals surface area contributed by atoms with Crippen molar-refractivity contribution in [3.8, 4) is 0 Å². The molecule has 0 bridgehead atoms. The Morgan fingerprint density at radius 1 is 1.64 bits per heavy atom. The standard InChI is InChI=1S/C9H14BrN3S/c10-5-1-3-8-4-2-6-13(8)9-12-11-7-14-9/h7-8H,1-6H2. The van der Waals surface area contributed by atoms with Gasteiger partial charge in [-0.25, -0.2) is 0 Å². The van der Waals surface area contributed by atoms with Crippen LogP contribution in [0.15, 0.2) is 5.51 Å². The molecule has 0 radical (unpaired) electrons. The van der Waals surface area contributed by atoms with Crippen LogP contribution in [0.1, 0.15) is 25.7 Å². The zero-order valence-electron chi connectivity index (χ0n) is 8.03. The van der Waals surface area contributed by atoms with Crippen molar-refractivity contribution in [1.29, 1.82) is 0 Å². The third-order valence-corrected chi connectivity index (χ3v) is 3.93. The average Bonchev–Trinajstić information content (AvgIpc) is 2.84. The maximum absolute atomic E-state index is 4.14. The molecule has 0 saturated carbocycles. The van der Waals surface area contributed by atoms with Crippen molar-refractivity contribution in [2.24, 2.45) is 0 Å². The molecule has 1 aliphatic heterocycles. The Kier molecular flexibility index (Phi) is 3.75. The quantitative estimate of drug-likeness (QED) is 0.792. The Morgan fingerprint density at radius 3 is 3.29 bits per heavy atom. The number of aromatic nitrogens is 2. The lowest BCUT2D eigenvalue weighted by molar-refractivity contribution is 0.602. The van der Waals surface area contributed by atoms with E-state index in [-0.39, 0.29) is 0 Å². The Bertz CT molecular complexity index is 265. The van der Waals surface area contributed by atoms with Gasteiger partial charge in [0.15, 0.2) is 0 Å². The van der Waals surface area contributed by atoms with Crippen LogP contribution < -0.4 is 4.90 Å². The summed E-state index contributed by atoms with van der Waals surface area (Å²) < 4.78 is 0. The fraction of sp³-hybridized carbons (Fsp3) is 0.778. The first kappa shape index (κ1) is 10.4. The zero-order chi connectivity index (χ0) is 9.80. The molecule has 0 aliphatic carbocycles. The van der Waals surface area contributed by atoms with Crippen molar-refractivity contribution in [2.45, 2.75) is 31.7 Å². The van der Waals surface area contributed by atoms with Crippen molar-refractivity contribution in [1.82, 2.24) is 10.2 Å². The maximum Gasteiger partial charge on any atom is 0.208 e. The minimum Gasteiger partial charge on any atom is -0.344 e. The van der Waals surface area contributed by atoms with E-state index in [0.29, 0.717) is 6.04 Å². The van der Waals surface area contributed by atoms with E-state index >= 15 is 0 Å². The van der Waals surface area contributed by atoms with Crippen molar-refractivity contribution in [2.75, 3.05) is 16.8 Å². The highest BCUT2D eigenvalue weighted by Gasteiger charge is 2.25. The fourth-order valence-corrected chi connectivity index (χ4v) is 2.98. The number of halogens is 1. The Morgan fingerprint density at radius 2 is 2.57 bits per heavy atom. The molecule has 5 heteroatoms. The average molecular weight is 276 g/mol. The van der Waals surface area contributed by atoms with Crippen molar-refractivity contribution >= 4 is 32.4 Å². The SMILES string of the molecule is BrCCCC1CCCN1c1nncs1. The summed E-state index contributed by atoms with van der Waals surface area (Å²) in [7, 11) is 0. The predicted octanol–water partition coefficient (Wildman–Crippen LogP) is 2.68. The van der Waals surface area contributed by atoms with Crippen molar-refractivity contribution < 1.29 is 0 Å². The molecule has 1 aliphatic rings. The molecule has 1 aromatic rings. The lowest BCUT2D eigenvalue weighted by Crippen LogP contribution is -2.29. The van der Waals surface area contributed by atoms with Gasteiger partial charge in [-0.3, -0.25) is 0 Å². The molecule has 2 rings (SSSR count). The molecule has 1 unspecified atom stereocenters. The van der Waals surface area contributed by atoms with E-state index in [1.807, 2.05) is 5.51 Å². The lowest BCUT2D eigenvalue weighted by Gasteiger charge is -2.22. The Hall–Kier alpha value is -0.160. The van der Waals surface area contributed by atoms with E-state index < -0.39 is 0 Å². The maximum atomic E-state index is 4.14. The molecule has 1 aromatic heterocycles. The van der Waals surface area contributed by atoms with Gasteiger partial charge in [-0.05, 0) is 25.7 Å². The number of alkyl halides is 1. The number of anilines is 1.